The molecule has 0 fully saturated rings. The van der Waals surface area contributed by atoms with Crippen LogP contribution in [0.3, 0.4) is 0 Å². The summed E-state index contributed by atoms with van der Waals surface area (Å²) in [5.41, 5.74) is 0. The van der Waals surface area contributed by atoms with Crippen molar-refractivity contribution in [3.8, 4) is 0 Å². The van der Waals surface area contributed by atoms with Gasteiger partial charge < -0.3 is 21.6 Å². The molecule has 8 heavy (non-hydrogen) atoms. The quantitative estimate of drug-likeness (QED) is 0.219. The van der Waals surface area contributed by atoms with Crippen LogP contribution in [0, 0.1) is 10.1 Å². The third kappa shape index (κ3) is 1570. The molecule has 0 rings (SSSR count). The van der Waals surface area contributed by atoms with Gasteiger partial charge in [-0.15, -0.1) is 10.1 Å². The molecule has 0 amide bonds. The first-order valence-electron chi connectivity index (χ1n) is 0.565. The van der Waals surface area contributed by atoms with Gasteiger partial charge >= 0.3 is 37.7 Å². The van der Waals surface area contributed by atoms with Crippen molar-refractivity contribution in [3.05, 3.63) is 10.1 Å². The molecular weight excluding hydrogens is 150 g/mol. The first kappa shape index (κ1) is 40.3. The molecule has 0 radical (unpaired) electrons. The Bertz CT molecular complexity index is 31.5. The summed E-state index contributed by atoms with van der Waals surface area (Å²) in [6.07, 6.45) is 0. The van der Waals surface area contributed by atoms with Crippen LogP contribution in [0.25, 0.3) is 0 Å². The van der Waals surface area contributed by atoms with Gasteiger partial charge in [-0.25, -0.2) is 0 Å². The van der Waals surface area contributed by atoms with Crippen LogP contribution in [-0.2, 0) is 0 Å². The van der Waals surface area contributed by atoms with Gasteiger partial charge in [-0.1, -0.05) is 0 Å². The van der Waals surface area contributed by atoms with E-state index < -0.39 is 5.09 Å². The molecule has 0 aromatic rings. The van der Waals surface area contributed by atoms with Crippen LogP contribution >= 0.6 is 0 Å². The molecule has 7 N–H and O–H groups in total. The topological polar surface area (TPSA) is 158 Å². The van der Waals surface area contributed by atoms with Gasteiger partial charge in [-0.2, -0.15) is 0 Å². The monoisotopic (exact) mass is 159 g/mol. The van der Waals surface area contributed by atoms with Crippen LogP contribution in [0.15, 0.2) is 0 Å². The molecule has 52 valence electrons. The number of rotatable bonds is 0. The van der Waals surface area contributed by atoms with Gasteiger partial charge in [0.05, 0.1) is 0 Å². The minimum atomic E-state index is -1.50. The fourth-order valence-corrected chi connectivity index (χ4v) is 0. The zero-order valence-corrected chi connectivity index (χ0v) is 3.21. The molecule has 0 aromatic carbocycles. The van der Waals surface area contributed by atoms with Gasteiger partial charge in [0.1, 0.15) is 0 Å². The summed E-state index contributed by atoms with van der Waals surface area (Å²) < 4.78 is 0. The summed E-state index contributed by atoms with van der Waals surface area (Å²) in [7, 11) is 0. The van der Waals surface area contributed by atoms with Crippen molar-refractivity contribution in [2.75, 3.05) is 0 Å². The molecule has 0 aliphatic heterocycles. The Morgan fingerprint density at radius 1 is 1.25 bits per heavy atom. The van der Waals surface area contributed by atoms with E-state index in [0.29, 0.717) is 0 Å². The van der Waals surface area contributed by atoms with Crippen LogP contribution in [0.2, 0.25) is 0 Å². The Balaban J connectivity index is -0.00000000750. The Labute approximate surface area is 74.3 Å². The molecule has 0 aromatic heterocycles. The van der Waals surface area contributed by atoms with E-state index in [4.69, 9.17) is 15.3 Å². The number of hydrogen-bond acceptors (Lipinski definition) is 2. The summed E-state index contributed by atoms with van der Waals surface area (Å²) in [5.74, 6) is 0. The second-order valence-corrected chi connectivity index (χ2v) is 0.238. The summed E-state index contributed by atoms with van der Waals surface area (Å²) in [4.78, 5) is 8.36. The van der Waals surface area contributed by atoms with Crippen molar-refractivity contribution in [2.45, 2.75) is 0 Å². The Morgan fingerprint density at radius 2 is 1.25 bits per heavy atom. The van der Waals surface area contributed by atoms with Gasteiger partial charge in [0, 0.05) is 0 Å². The maximum atomic E-state index is 8.36. The Kier molecular flexibility index (Phi) is 133. The molecule has 0 spiro atoms. The van der Waals surface area contributed by atoms with E-state index in [-0.39, 0.29) is 54.2 Å². The van der Waals surface area contributed by atoms with Gasteiger partial charge in [-0.05, 0) is 0 Å². The summed E-state index contributed by atoms with van der Waals surface area (Å²) in [6, 6.07) is 0. The average Bonchev–Trinajstić information content (AvgIpc) is 0.811. The van der Waals surface area contributed by atoms with Crippen LogP contribution < -0.4 is 0 Å². The number of hydrogen-bond donors (Lipinski definition) is 1. The molecule has 8 heteroatoms. The second-order valence-electron chi connectivity index (χ2n) is 0.238. The molecule has 0 aliphatic carbocycles. The number of nitrogens with zero attached hydrogens (tertiary/aromatic N) is 1. The fraction of sp³-hybridized carbons (Fsp3) is 0. The molecule has 7 nitrogen and oxygen atoms in total. The van der Waals surface area contributed by atoms with Crippen LogP contribution in [0.1, 0.15) is 0 Å². The van der Waals surface area contributed by atoms with Crippen molar-refractivity contribution >= 4 is 37.7 Å². The van der Waals surface area contributed by atoms with Gasteiger partial charge in [0.15, 0.2) is 0 Å². The van der Waals surface area contributed by atoms with E-state index in [0.717, 1.165) is 0 Å². The predicted octanol–water partition coefficient (Wildman–Crippen LogP) is -3.74. The third-order valence-corrected chi connectivity index (χ3v) is 0. The van der Waals surface area contributed by atoms with Crippen LogP contribution in [0.4, 0.5) is 0 Å². The molecule has 0 bridgehead atoms. The van der Waals surface area contributed by atoms with Crippen LogP contribution in [-0.4, -0.2) is 64.5 Å². The summed E-state index contributed by atoms with van der Waals surface area (Å²) in [5, 5.41) is 13.6. The molecule has 0 saturated carbocycles. The summed E-state index contributed by atoms with van der Waals surface area (Å²) in [6.45, 7) is 0. The SMILES string of the molecule is O.O.O.O=[N+]([O-])O.[CaH2]. The average molecular weight is 159 g/mol. The standard InChI is InChI=1S/Ca.HNO3.3H2O.2H/c;2-1(3)4;;;;;/h;(H,2,3,4);3*1H2;;. The molecule has 0 atom stereocenters. The zero-order valence-electron chi connectivity index (χ0n) is 3.21. The van der Waals surface area contributed by atoms with Crippen molar-refractivity contribution in [2.24, 2.45) is 0 Å². The van der Waals surface area contributed by atoms with Crippen LogP contribution in [0.5, 0.6) is 0 Å². The van der Waals surface area contributed by atoms with Crippen molar-refractivity contribution in [1.29, 1.82) is 0 Å². The van der Waals surface area contributed by atoms with Gasteiger partial charge in [0.2, 0.25) is 0 Å². The van der Waals surface area contributed by atoms with E-state index in [1.807, 2.05) is 0 Å². The van der Waals surface area contributed by atoms with Crippen molar-refractivity contribution < 1.29 is 26.7 Å². The molecule has 0 unspecified atom stereocenters. The van der Waals surface area contributed by atoms with Crippen molar-refractivity contribution in [3.63, 3.8) is 0 Å². The molecule has 0 saturated heterocycles. The Hall–Kier alpha value is 0.340. The Morgan fingerprint density at radius 3 is 1.25 bits per heavy atom. The second kappa shape index (κ2) is 26.4. The van der Waals surface area contributed by atoms with E-state index in [2.05, 4.69) is 0 Å². The van der Waals surface area contributed by atoms with E-state index >= 15 is 0 Å². The van der Waals surface area contributed by atoms with E-state index in [9.17, 15) is 0 Å². The van der Waals surface area contributed by atoms with Crippen molar-refractivity contribution in [1.82, 2.24) is 0 Å². The zero-order chi connectivity index (χ0) is 3.58. The molecule has 0 heterocycles. The van der Waals surface area contributed by atoms with E-state index in [1.165, 1.54) is 0 Å². The van der Waals surface area contributed by atoms with E-state index in [1.54, 1.807) is 0 Å². The first-order valence-corrected chi connectivity index (χ1v) is 0.565. The third-order valence-electron chi connectivity index (χ3n) is 0. The predicted molar refractivity (Wildman–Crippen MR) is 28.2 cm³/mol. The maximum absolute atomic E-state index is 8.36. The molecular formula is H9CaNO6. The first-order chi connectivity index (χ1) is 1.73. The molecule has 0 aliphatic rings. The summed E-state index contributed by atoms with van der Waals surface area (Å²) >= 11 is 0. The van der Waals surface area contributed by atoms with Gasteiger partial charge in [0.25, 0.3) is 5.09 Å². The van der Waals surface area contributed by atoms with Gasteiger partial charge in [-0.3, -0.25) is 0 Å². The fourth-order valence-electron chi connectivity index (χ4n) is 0. The normalized spacial score (nSPS) is 3.00. The minimum absolute atomic E-state index is 0.